The van der Waals surface area contributed by atoms with E-state index in [1.54, 1.807) is 18.0 Å². The van der Waals surface area contributed by atoms with Crippen molar-refractivity contribution in [3.05, 3.63) is 29.6 Å². The molecule has 0 N–H and O–H groups in total. The fourth-order valence-electron chi connectivity index (χ4n) is 1.49. The molecule has 0 radical (unpaired) electrons. The van der Waals surface area contributed by atoms with E-state index >= 15 is 0 Å². The molecule has 4 heteroatoms. The third-order valence-corrected chi connectivity index (χ3v) is 2.55. The maximum Gasteiger partial charge on any atom is 0.152 e. The SMILES string of the molecule is CC(CC#N)N(C)c1c(F)cccc1C=O. The quantitative estimate of drug-likeness (QED) is 0.732. The number of nitrogens with zero attached hydrogens (tertiary/aromatic N) is 2. The number of nitriles is 1. The van der Waals surface area contributed by atoms with Crippen molar-refractivity contribution in [2.24, 2.45) is 0 Å². The second kappa shape index (κ2) is 5.26. The first kappa shape index (κ1) is 12.2. The second-order valence-electron chi connectivity index (χ2n) is 3.62. The third-order valence-electron chi connectivity index (χ3n) is 2.55. The first-order valence-corrected chi connectivity index (χ1v) is 4.95. The monoisotopic (exact) mass is 220 g/mol. The lowest BCUT2D eigenvalue weighted by Gasteiger charge is -2.26. The number of benzene rings is 1. The van der Waals surface area contributed by atoms with Crippen LogP contribution in [-0.4, -0.2) is 19.4 Å². The number of aldehydes is 1. The van der Waals surface area contributed by atoms with E-state index in [1.807, 2.05) is 13.0 Å². The summed E-state index contributed by atoms with van der Waals surface area (Å²) in [5.74, 6) is -0.447. The second-order valence-corrected chi connectivity index (χ2v) is 3.62. The zero-order valence-electron chi connectivity index (χ0n) is 9.27. The van der Waals surface area contributed by atoms with E-state index in [2.05, 4.69) is 0 Å². The minimum atomic E-state index is -0.447. The zero-order chi connectivity index (χ0) is 12.1. The molecule has 3 nitrogen and oxygen atoms in total. The van der Waals surface area contributed by atoms with Gasteiger partial charge in [-0.2, -0.15) is 5.26 Å². The Balaban J connectivity index is 3.12. The van der Waals surface area contributed by atoms with Gasteiger partial charge in [0.1, 0.15) is 5.82 Å². The van der Waals surface area contributed by atoms with Gasteiger partial charge in [0.15, 0.2) is 6.29 Å². The van der Waals surface area contributed by atoms with Crippen molar-refractivity contribution in [3.63, 3.8) is 0 Å². The molecule has 0 aliphatic heterocycles. The highest BCUT2D eigenvalue weighted by Gasteiger charge is 2.16. The highest BCUT2D eigenvalue weighted by molar-refractivity contribution is 5.84. The maximum absolute atomic E-state index is 13.6. The van der Waals surface area contributed by atoms with Crippen molar-refractivity contribution in [1.29, 1.82) is 5.26 Å². The molecule has 1 aromatic rings. The summed E-state index contributed by atoms with van der Waals surface area (Å²) in [4.78, 5) is 12.4. The minimum absolute atomic E-state index is 0.138. The van der Waals surface area contributed by atoms with Gasteiger partial charge in [0.05, 0.1) is 18.2 Å². The zero-order valence-corrected chi connectivity index (χ0v) is 9.27. The average molecular weight is 220 g/mol. The number of rotatable bonds is 4. The molecule has 0 amide bonds. The van der Waals surface area contributed by atoms with Crippen LogP contribution >= 0.6 is 0 Å². The van der Waals surface area contributed by atoms with Crippen LogP contribution in [0.3, 0.4) is 0 Å². The van der Waals surface area contributed by atoms with E-state index in [4.69, 9.17) is 5.26 Å². The van der Waals surface area contributed by atoms with E-state index in [1.165, 1.54) is 12.1 Å². The van der Waals surface area contributed by atoms with Crippen molar-refractivity contribution in [2.45, 2.75) is 19.4 Å². The normalized spacial score (nSPS) is 11.6. The summed E-state index contributed by atoms with van der Waals surface area (Å²) in [5.41, 5.74) is 0.549. The number of hydrogen-bond acceptors (Lipinski definition) is 3. The smallest absolute Gasteiger partial charge is 0.152 e. The number of anilines is 1. The molecule has 0 aliphatic carbocycles. The summed E-state index contributed by atoms with van der Waals surface area (Å²) in [7, 11) is 1.67. The lowest BCUT2D eigenvalue weighted by atomic mass is 10.1. The Morgan fingerprint density at radius 2 is 2.31 bits per heavy atom. The molecule has 1 atom stereocenters. The Bertz CT molecular complexity index is 426. The first-order valence-electron chi connectivity index (χ1n) is 4.95. The van der Waals surface area contributed by atoms with E-state index < -0.39 is 5.82 Å². The van der Waals surface area contributed by atoms with Crippen LogP contribution in [0, 0.1) is 17.1 Å². The number of carbonyl (C=O) groups is 1. The molecule has 1 rings (SSSR count). The number of hydrogen-bond donors (Lipinski definition) is 0. The fourth-order valence-corrected chi connectivity index (χ4v) is 1.49. The molecular formula is C12H13FN2O. The molecule has 0 aromatic heterocycles. The number of para-hydroxylation sites is 1. The maximum atomic E-state index is 13.6. The standard InChI is InChI=1S/C12H13FN2O/c1-9(6-7-14)15(2)12-10(8-16)4-3-5-11(12)13/h3-5,8-9H,6H2,1-2H3. The number of halogens is 1. The van der Waals surface area contributed by atoms with Crippen LogP contribution in [0.5, 0.6) is 0 Å². The van der Waals surface area contributed by atoms with E-state index in [-0.39, 0.29) is 18.2 Å². The Morgan fingerprint density at radius 3 is 2.88 bits per heavy atom. The molecule has 0 heterocycles. The van der Waals surface area contributed by atoms with Crippen LogP contribution in [0.15, 0.2) is 18.2 Å². The van der Waals surface area contributed by atoms with Gasteiger partial charge in [-0.1, -0.05) is 6.07 Å². The molecule has 0 saturated carbocycles. The van der Waals surface area contributed by atoms with Crippen LogP contribution in [0.2, 0.25) is 0 Å². The molecular weight excluding hydrogens is 207 g/mol. The Labute approximate surface area is 94.1 Å². The lowest BCUT2D eigenvalue weighted by molar-refractivity contribution is 0.112. The van der Waals surface area contributed by atoms with Crippen molar-refractivity contribution in [1.82, 2.24) is 0 Å². The molecule has 1 aromatic carbocycles. The van der Waals surface area contributed by atoms with Crippen LogP contribution < -0.4 is 4.90 Å². The highest BCUT2D eigenvalue weighted by atomic mass is 19.1. The summed E-state index contributed by atoms with van der Waals surface area (Å²) in [6.45, 7) is 1.81. The Morgan fingerprint density at radius 1 is 1.62 bits per heavy atom. The molecule has 1 unspecified atom stereocenters. The van der Waals surface area contributed by atoms with Crippen LogP contribution in [0.1, 0.15) is 23.7 Å². The topological polar surface area (TPSA) is 44.1 Å². The van der Waals surface area contributed by atoms with Gasteiger partial charge in [-0.05, 0) is 19.1 Å². The van der Waals surface area contributed by atoms with E-state index in [0.29, 0.717) is 11.8 Å². The van der Waals surface area contributed by atoms with Gasteiger partial charge in [0.25, 0.3) is 0 Å². The largest absolute Gasteiger partial charge is 0.368 e. The third kappa shape index (κ3) is 2.37. The fraction of sp³-hybridized carbons (Fsp3) is 0.333. The van der Waals surface area contributed by atoms with Crippen LogP contribution in [-0.2, 0) is 0 Å². The van der Waals surface area contributed by atoms with Crippen molar-refractivity contribution >= 4 is 12.0 Å². The predicted molar refractivity (Wildman–Crippen MR) is 59.9 cm³/mol. The van der Waals surface area contributed by atoms with Gasteiger partial charge in [0.2, 0.25) is 0 Å². The molecule has 0 fully saturated rings. The predicted octanol–water partition coefficient (Wildman–Crippen LogP) is 2.38. The molecule has 0 spiro atoms. The molecule has 16 heavy (non-hydrogen) atoms. The van der Waals surface area contributed by atoms with E-state index in [9.17, 15) is 9.18 Å². The number of carbonyl (C=O) groups excluding carboxylic acids is 1. The Kier molecular flexibility index (Phi) is 4.01. The van der Waals surface area contributed by atoms with Gasteiger partial charge >= 0.3 is 0 Å². The average Bonchev–Trinajstić information content (AvgIpc) is 2.28. The van der Waals surface area contributed by atoms with Crippen molar-refractivity contribution in [3.8, 4) is 6.07 Å². The Hall–Kier alpha value is -1.89. The van der Waals surface area contributed by atoms with E-state index in [0.717, 1.165) is 0 Å². The van der Waals surface area contributed by atoms with Gasteiger partial charge in [-0.15, -0.1) is 0 Å². The summed E-state index contributed by atoms with van der Waals surface area (Å²) in [6.07, 6.45) is 0.900. The van der Waals surface area contributed by atoms with Gasteiger partial charge < -0.3 is 4.90 Å². The summed E-state index contributed by atoms with van der Waals surface area (Å²) in [6, 6.07) is 6.24. The van der Waals surface area contributed by atoms with Gasteiger partial charge in [-0.3, -0.25) is 4.79 Å². The minimum Gasteiger partial charge on any atom is -0.368 e. The highest BCUT2D eigenvalue weighted by Crippen LogP contribution is 2.24. The van der Waals surface area contributed by atoms with Crippen molar-refractivity contribution in [2.75, 3.05) is 11.9 Å². The molecule has 0 aliphatic rings. The van der Waals surface area contributed by atoms with Gasteiger partial charge in [-0.25, -0.2) is 4.39 Å². The first-order chi connectivity index (χ1) is 7.61. The van der Waals surface area contributed by atoms with Crippen molar-refractivity contribution < 1.29 is 9.18 Å². The molecule has 0 saturated heterocycles. The summed E-state index contributed by atoms with van der Waals surface area (Å²) < 4.78 is 13.6. The lowest BCUT2D eigenvalue weighted by Crippen LogP contribution is -2.30. The molecule has 0 bridgehead atoms. The van der Waals surface area contributed by atoms with Crippen LogP contribution in [0.4, 0.5) is 10.1 Å². The summed E-state index contributed by atoms with van der Waals surface area (Å²) >= 11 is 0. The van der Waals surface area contributed by atoms with Crippen LogP contribution in [0.25, 0.3) is 0 Å². The molecule has 84 valence electrons. The summed E-state index contributed by atoms with van der Waals surface area (Å²) in [5, 5.41) is 8.59. The van der Waals surface area contributed by atoms with Gasteiger partial charge in [0, 0.05) is 18.7 Å².